The number of phosphoric ester groups is 2. The van der Waals surface area contributed by atoms with Gasteiger partial charge in [0.15, 0.2) is 12.2 Å². The van der Waals surface area contributed by atoms with Crippen LogP contribution in [0.5, 0.6) is 0 Å². The van der Waals surface area contributed by atoms with E-state index < -0.39 is 97.5 Å². The molecule has 5 unspecified atom stereocenters. The number of hydrogen-bond donors (Lipinski definition) is 3. The Bertz CT molecular complexity index is 2690. The molecule has 0 aliphatic rings. The molecule has 0 aromatic heterocycles. The lowest BCUT2D eigenvalue weighted by atomic mass is 10.1. The van der Waals surface area contributed by atoms with Gasteiger partial charge in [0, 0.05) is 25.7 Å². The Morgan fingerprint density at radius 3 is 0.808 bits per heavy atom. The second-order valence-electron chi connectivity index (χ2n) is 25.1. The van der Waals surface area contributed by atoms with E-state index in [0.29, 0.717) is 38.5 Å². The third-order valence-corrected chi connectivity index (χ3v) is 17.2. The van der Waals surface area contributed by atoms with Crippen molar-refractivity contribution in [3.63, 3.8) is 0 Å². The first-order valence-corrected chi connectivity index (χ1v) is 42.0. The van der Waals surface area contributed by atoms with Gasteiger partial charge in [-0.1, -0.05) is 261 Å². The van der Waals surface area contributed by atoms with Crippen LogP contribution in [0.1, 0.15) is 272 Å². The molecule has 0 aromatic rings. The first kappa shape index (κ1) is 98.2. The number of aliphatic hydroxyl groups excluding tert-OH is 1. The van der Waals surface area contributed by atoms with Crippen molar-refractivity contribution in [2.24, 2.45) is 0 Å². The van der Waals surface area contributed by atoms with Crippen LogP contribution in [0.25, 0.3) is 0 Å². The largest absolute Gasteiger partial charge is 0.472 e. The molecule has 0 fully saturated rings. The summed E-state index contributed by atoms with van der Waals surface area (Å²) in [6.07, 6.45) is 90.4. The Balaban J connectivity index is 5.51. The number of esters is 4. The third kappa shape index (κ3) is 74.4. The lowest BCUT2D eigenvalue weighted by Gasteiger charge is -2.21. The van der Waals surface area contributed by atoms with Crippen LogP contribution in [0.3, 0.4) is 0 Å². The minimum Gasteiger partial charge on any atom is -0.462 e. The van der Waals surface area contributed by atoms with Gasteiger partial charge in [-0.05, 0) is 167 Å². The number of aliphatic hydroxyl groups is 1. The average molecular weight is 1490 g/mol. The number of unbranched alkanes of at least 4 members (excludes halogenated alkanes) is 15. The topological polar surface area (TPSA) is 237 Å². The molecule has 3 N–H and O–H groups in total. The van der Waals surface area contributed by atoms with Crippen LogP contribution in [0.2, 0.25) is 0 Å². The zero-order valence-corrected chi connectivity index (χ0v) is 65.9. The van der Waals surface area contributed by atoms with Crippen LogP contribution in [0.4, 0.5) is 0 Å². The Morgan fingerprint density at radius 1 is 0.279 bits per heavy atom. The van der Waals surface area contributed by atoms with Gasteiger partial charge in [-0.15, -0.1) is 0 Å². The molecule has 0 bridgehead atoms. The van der Waals surface area contributed by atoms with E-state index >= 15 is 0 Å². The summed E-state index contributed by atoms with van der Waals surface area (Å²) in [5.41, 5.74) is 0. The van der Waals surface area contributed by atoms with Gasteiger partial charge in [-0.2, -0.15) is 0 Å². The van der Waals surface area contributed by atoms with E-state index in [1.54, 1.807) is 0 Å². The lowest BCUT2D eigenvalue weighted by molar-refractivity contribution is -0.161. The maximum atomic E-state index is 13.1. The van der Waals surface area contributed by atoms with Crippen LogP contribution in [0, 0.1) is 0 Å². The van der Waals surface area contributed by atoms with E-state index in [9.17, 15) is 43.2 Å². The van der Waals surface area contributed by atoms with Crippen LogP contribution in [-0.2, 0) is 65.4 Å². The SMILES string of the molecule is CC/C=C\C/C=C\C/C=C\C/C=C\C/C=C\CCCC(=O)OCC(COP(=O)(O)OCC(O)COP(=O)(O)OCC(COC(=O)CCC/C=C\C/C=C\C/C=C\C/C=C\C/C=C\CC)OC(=O)CCCCCCC/C=C\CCCCCC)OC(=O)CCCCCC/C=C\C/C=C\C/C=C\C/C=C\CC. The highest BCUT2D eigenvalue weighted by atomic mass is 31.2. The quantitative estimate of drug-likeness (QED) is 0.0169. The molecule has 0 rings (SSSR count). The van der Waals surface area contributed by atoms with E-state index in [-0.39, 0.29) is 25.7 Å². The average Bonchev–Trinajstić information content (AvgIpc) is 0.910. The van der Waals surface area contributed by atoms with Crippen molar-refractivity contribution < 1.29 is 80.2 Å². The molecule has 5 atom stereocenters. The van der Waals surface area contributed by atoms with Crippen molar-refractivity contribution in [2.75, 3.05) is 39.6 Å². The fourth-order valence-corrected chi connectivity index (χ4v) is 11.1. The summed E-state index contributed by atoms with van der Waals surface area (Å²) in [6, 6.07) is 0. The molecule has 0 saturated heterocycles. The Morgan fingerprint density at radius 2 is 0.510 bits per heavy atom. The van der Waals surface area contributed by atoms with Gasteiger partial charge in [0.2, 0.25) is 0 Å². The Labute approximate surface area is 628 Å². The first-order valence-electron chi connectivity index (χ1n) is 39.0. The summed E-state index contributed by atoms with van der Waals surface area (Å²) in [4.78, 5) is 72.9. The van der Waals surface area contributed by atoms with Crippen LogP contribution >= 0.6 is 15.6 Å². The molecular formula is C85H136O17P2. The van der Waals surface area contributed by atoms with Crippen molar-refractivity contribution in [2.45, 2.75) is 290 Å². The highest BCUT2D eigenvalue weighted by Gasteiger charge is 2.30. The maximum absolute atomic E-state index is 13.1. The van der Waals surface area contributed by atoms with Gasteiger partial charge >= 0.3 is 39.5 Å². The third-order valence-electron chi connectivity index (χ3n) is 15.3. The van der Waals surface area contributed by atoms with Crippen molar-refractivity contribution in [1.29, 1.82) is 0 Å². The van der Waals surface area contributed by atoms with Crippen molar-refractivity contribution in [3.8, 4) is 0 Å². The monoisotopic (exact) mass is 1490 g/mol. The Kier molecular flexibility index (Phi) is 71.2. The summed E-state index contributed by atoms with van der Waals surface area (Å²) in [7, 11) is -10.0. The summed E-state index contributed by atoms with van der Waals surface area (Å²) in [5, 5.41) is 10.6. The van der Waals surface area contributed by atoms with Crippen molar-refractivity contribution in [1.82, 2.24) is 0 Å². The fraction of sp³-hybridized carbons (Fsp3) is 0.600. The molecule has 17 nitrogen and oxygen atoms in total. The van der Waals surface area contributed by atoms with Gasteiger partial charge < -0.3 is 33.8 Å². The molecule has 0 saturated carbocycles. The van der Waals surface area contributed by atoms with E-state index in [1.165, 1.54) is 25.7 Å². The van der Waals surface area contributed by atoms with Crippen molar-refractivity contribution >= 4 is 39.5 Å². The summed E-state index contributed by atoms with van der Waals surface area (Å²) >= 11 is 0. The molecule has 0 heterocycles. The zero-order valence-electron chi connectivity index (χ0n) is 64.1. The highest BCUT2D eigenvalue weighted by Crippen LogP contribution is 2.45. The van der Waals surface area contributed by atoms with Crippen LogP contribution in [-0.4, -0.2) is 96.7 Å². The predicted octanol–water partition coefficient (Wildman–Crippen LogP) is 22.8. The summed E-state index contributed by atoms with van der Waals surface area (Å²) in [5.74, 6) is -2.37. The minimum absolute atomic E-state index is 0.0460. The van der Waals surface area contributed by atoms with E-state index in [2.05, 4.69) is 186 Å². The second-order valence-corrected chi connectivity index (χ2v) is 28.1. The number of ether oxygens (including phenoxy) is 4. The number of rotatable bonds is 71. The molecule has 0 amide bonds. The molecular weight excluding hydrogens is 1350 g/mol. The van der Waals surface area contributed by atoms with Gasteiger partial charge in [-0.3, -0.25) is 37.3 Å². The predicted molar refractivity (Wildman–Crippen MR) is 426 cm³/mol. The molecule has 0 aliphatic carbocycles. The fourth-order valence-electron chi connectivity index (χ4n) is 9.51. The molecule has 0 aromatic carbocycles. The van der Waals surface area contributed by atoms with Crippen LogP contribution < -0.4 is 0 Å². The lowest BCUT2D eigenvalue weighted by Crippen LogP contribution is -2.30. The normalized spacial score (nSPS) is 14.9. The molecule has 0 aliphatic heterocycles. The first-order chi connectivity index (χ1) is 50.7. The zero-order chi connectivity index (χ0) is 76.0. The molecule has 588 valence electrons. The molecule has 0 radical (unpaired) electrons. The van der Waals surface area contributed by atoms with Gasteiger partial charge in [-0.25, -0.2) is 9.13 Å². The highest BCUT2D eigenvalue weighted by molar-refractivity contribution is 7.47. The van der Waals surface area contributed by atoms with Gasteiger partial charge in [0.05, 0.1) is 26.4 Å². The Hall–Kier alpha value is -5.84. The number of carbonyl (C=O) groups is 4. The summed E-state index contributed by atoms with van der Waals surface area (Å²) in [6.45, 7) is 4.32. The van der Waals surface area contributed by atoms with E-state index in [1.807, 2.05) is 24.3 Å². The maximum Gasteiger partial charge on any atom is 0.472 e. The molecule has 104 heavy (non-hydrogen) atoms. The van der Waals surface area contributed by atoms with Crippen molar-refractivity contribution in [3.05, 3.63) is 182 Å². The smallest absolute Gasteiger partial charge is 0.462 e. The summed E-state index contributed by atoms with van der Waals surface area (Å²) < 4.78 is 68.4. The number of hydrogen-bond acceptors (Lipinski definition) is 15. The van der Waals surface area contributed by atoms with E-state index in [0.717, 1.165) is 154 Å². The number of carbonyl (C=O) groups excluding carboxylic acids is 4. The van der Waals surface area contributed by atoms with E-state index in [4.69, 9.17) is 37.0 Å². The minimum atomic E-state index is -5.01. The molecule has 0 spiro atoms. The van der Waals surface area contributed by atoms with Gasteiger partial charge in [0.1, 0.15) is 19.3 Å². The molecule has 19 heteroatoms. The number of allylic oxidation sites excluding steroid dienone is 30. The second kappa shape index (κ2) is 75.4. The van der Waals surface area contributed by atoms with Crippen LogP contribution in [0.15, 0.2) is 182 Å². The van der Waals surface area contributed by atoms with Gasteiger partial charge in [0.25, 0.3) is 0 Å². The standard InChI is InChI=1S/C85H136O17P2/c1-5-9-13-17-21-25-29-33-36-39-42-46-49-53-57-61-65-69-82(87)95-75-80(101-84(89)71-67-63-59-55-51-45-32-28-24-20-16-12-8-4)77-99-103(91,92)97-73-79(86)74-98-104(93,94)100-78-81(102-85(90)72-68-64-60-56-52-48-44-41-38-35-31-27-23-19-15-11-7-3)76-96-83(88)70-66-62-58-54-50-47-43-40-37-34-30-26-22-18-14-10-6-2/h9-11,13-15,21-23,25-28,32-38,42-44,46-48,53-54,57-58,79-81,86H,5-8,12,16-20,24,29-31,39-41,45,49-52,55-56,59-78H2,1-4H3,(H,91,92)(H,93,94)/b13-9-,14-10-,15-11-,25-21-,26-22-,27-23-,32-28-,36-33-,37-34-,38-35-,46-42-,47-43-,48-44-,57-53-,58-54-. The number of phosphoric acid groups is 2.